The molecule has 0 atom stereocenters. The predicted octanol–water partition coefficient (Wildman–Crippen LogP) is 1.81. The summed E-state index contributed by atoms with van der Waals surface area (Å²) in [6, 6.07) is 1.56. The summed E-state index contributed by atoms with van der Waals surface area (Å²) >= 11 is 6.07. The number of anilines is 1. The molecule has 0 unspecified atom stereocenters. The number of halogens is 1. The van der Waals surface area contributed by atoms with E-state index in [1.54, 1.807) is 6.07 Å². The average Bonchev–Trinajstić information content (AvgIpc) is 2.46. The highest BCUT2D eigenvalue weighted by Gasteiger charge is 2.10. The first kappa shape index (κ1) is 17.2. The lowest BCUT2D eigenvalue weighted by Gasteiger charge is -2.08. The standard InChI is InChI=1S/C14H21ClN4O2/c1-3-6-17-13-11(15)8-10(9-19-13)14(21)18-7-5-12(20)16-4-2/h8-9H,3-7H2,1-2H3,(H,16,20)(H,17,19)(H,18,21). The van der Waals surface area contributed by atoms with E-state index in [-0.39, 0.29) is 24.8 Å². The van der Waals surface area contributed by atoms with E-state index >= 15 is 0 Å². The van der Waals surface area contributed by atoms with Gasteiger partial charge in [0.05, 0.1) is 10.6 Å². The van der Waals surface area contributed by atoms with Crippen molar-refractivity contribution in [2.45, 2.75) is 26.7 Å². The Bertz CT molecular complexity index is 494. The number of carbonyl (C=O) groups is 2. The van der Waals surface area contributed by atoms with Crippen LogP contribution in [0.3, 0.4) is 0 Å². The van der Waals surface area contributed by atoms with Gasteiger partial charge >= 0.3 is 0 Å². The van der Waals surface area contributed by atoms with Gasteiger partial charge in [-0.2, -0.15) is 0 Å². The molecule has 21 heavy (non-hydrogen) atoms. The molecule has 116 valence electrons. The van der Waals surface area contributed by atoms with Gasteiger partial charge in [-0.1, -0.05) is 18.5 Å². The first-order chi connectivity index (χ1) is 10.1. The lowest BCUT2D eigenvalue weighted by atomic mass is 10.2. The molecule has 0 radical (unpaired) electrons. The largest absolute Gasteiger partial charge is 0.369 e. The Labute approximate surface area is 129 Å². The van der Waals surface area contributed by atoms with Crippen LogP contribution in [0.15, 0.2) is 12.3 Å². The number of nitrogens with one attached hydrogen (secondary N) is 3. The Balaban J connectivity index is 2.51. The fourth-order valence-corrected chi connectivity index (χ4v) is 1.85. The molecule has 0 bridgehead atoms. The topological polar surface area (TPSA) is 83.1 Å². The molecule has 0 aliphatic carbocycles. The summed E-state index contributed by atoms with van der Waals surface area (Å²) < 4.78 is 0. The molecule has 3 N–H and O–H groups in total. The van der Waals surface area contributed by atoms with Crippen LogP contribution in [0.4, 0.5) is 5.82 Å². The van der Waals surface area contributed by atoms with Crippen LogP contribution in [-0.4, -0.2) is 36.4 Å². The van der Waals surface area contributed by atoms with E-state index in [1.807, 2.05) is 13.8 Å². The zero-order valence-corrected chi connectivity index (χ0v) is 13.1. The SMILES string of the molecule is CCCNc1ncc(C(=O)NCCC(=O)NCC)cc1Cl. The zero-order valence-electron chi connectivity index (χ0n) is 12.3. The summed E-state index contributed by atoms with van der Waals surface area (Å²) in [7, 11) is 0. The van der Waals surface area contributed by atoms with Crippen molar-refractivity contribution in [1.82, 2.24) is 15.6 Å². The number of rotatable bonds is 8. The molecule has 2 amide bonds. The van der Waals surface area contributed by atoms with Crippen LogP contribution in [0, 0.1) is 0 Å². The van der Waals surface area contributed by atoms with Crippen molar-refractivity contribution in [1.29, 1.82) is 0 Å². The summed E-state index contributed by atoms with van der Waals surface area (Å²) in [4.78, 5) is 27.3. The molecule has 1 rings (SSSR count). The Kier molecular flexibility index (Phi) is 7.53. The predicted molar refractivity (Wildman–Crippen MR) is 83.7 cm³/mol. The van der Waals surface area contributed by atoms with E-state index in [0.717, 1.165) is 13.0 Å². The van der Waals surface area contributed by atoms with Crippen molar-refractivity contribution in [3.63, 3.8) is 0 Å². The number of carbonyl (C=O) groups excluding carboxylic acids is 2. The molecule has 1 aromatic rings. The molecule has 0 aliphatic heterocycles. The molecule has 7 heteroatoms. The van der Waals surface area contributed by atoms with Crippen LogP contribution >= 0.6 is 11.6 Å². The van der Waals surface area contributed by atoms with Crippen LogP contribution in [0.2, 0.25) is 5.02 Å². The minimum atomic E-state index is -0.296. The maximum absolute atomic E-state index is 11.9. The fraction of sp³-hybridized carbons (Fsp3) is 0.500. The van der Waals surface area contributed by atoms with Crippen LogP contribution < -0.4 is 16.0 Å². The number of amides is 2. The lowest BCUT2D eigenvalue weighted by molar-refractivity contribution is -0.120. The number of nitrogens with zero attached hydrogens (tertiary/aromatic N) is 1. The van der Waals surface area contributed by atoms with E-state index in [9.17, 15) is 9.59 Å². The average molecular weight is 313 g/mol. The minimum Gasteiger partial charge on any atom is -0.369 e. The second-order valence-corrected chi connectivity index (χ2v) is 4.85. The Morgan fingerprint density at radius 2 is 2.00 bits per heavy atom. The van der Waals surface area contributed by atoms with E-state index in [0.29, 0.717) is 22.9 Å². The highest BCUT2D eigenvalue weighted by atomic mass is 35.5. The van der Waals surface area contributed by atoms with Crippen molar-refractivity contribution in [2.24, 2.45) is 0 Å². The quantitative estimate of drug-likeness (QED) is 0.683. The molecule has 0 aromatic carbocycles. The monoisotopic (exact) mass is 312 g/mol. The van der Waals surface area contributed by atoms with Crippen molar-refractivity contribution >= 4 is 29.2 Å². The first-order valence-electron chi connectivity index (χ1n) is 7.02. The van der Waals surface area contributed by atoms with Crippen molar-refractivity contribution in [3.05, 3.63) is 22.8 Å². The van der Waals surface area contributed by atoms with Gasteiger partial charge in [0.15, 0.2) is 0 Å². The summed E-state index contributed by atoms with van der Waals surface area (Å²) in [6.07, 6.45) is 2.67. The molecule has 1 heterocycles. The third kappa shape index (κ3) is 5.99. The third-order valence-electron chi connectivity index (χ3n) is 2.66. The number of aromatic nitrogens is 1. The normalized spacial score (nSPS) is 10.0. The maximum Gasteiger partial charge on any atom is 0.252 e. The van der Waals surface area contributed by atoms with Gasteiger partial charge < -0.3 is 16.0 Å². The van der Waals surface area contributed by atoms with Gasteiger partial charge in [-0.3, -0.25) is 9.59 Å². The zero-order chi connectivity index (χ0) is 15.7. The Hall–Kier alpha value is -1.82. The van der Waals surface area contributed by atoms with Gasteiger partial charge in [-0.05, 0) is 19.4 Å². The Morgan fingerprint density at radius 1 is 1.24 bits per heavy atom. The molecule has 0 aliphatic rings. The smallest absolute Gasteiger partial charge is 0.252 e. The van der Waals surface area contributed by atoms with Crippen LogP contribution in [0.5, 0.6) is 0 Å². The highest BCUT2D eigenvalue weighted by molar-refractivity contribution is 6.33. The van der Waals surface area contributed by atoms with Gasteiger partial charge in [0.2, 0.25) is 5.91 Å². The van der Waals surface area contributed by atoms with E-state index in [4.69, 9.17) is 11.6 Å². The summed E-state index contributed by atoms with van der Waals surface area (Å²) in [6.45, 7) is 5.51. The minimum absolute atomic E-state index is 0.0897. The molecule has 0 spiro atoms. The van der Waals surface area contributed by atoms with Gasteiger partial charge in [0.25, 0.3) is 5.91 Å². The molecule has 0 saturated carbocycles. The second kappa shape index (κ2) is 9.18. The summed E-state index contributed by atoms with van der Waals surface area (Å²) in [5, 5.41) is 8.80. The van der Waals surface area contributed by atoms with Gasteiger partial charge in [-0.25, -0.2) is 4.98 Å². The van der Waals surface area contributed by atoms with Crippen molar-refractivity contribution in [3.8, 4) is 0 Å². The van der Waals surface area contributed by atoms with Gasteiger partial charge in [0, 0.05) is 32.3 Å². The number of pyridine rings is 1. The molecule has 0 fully saturated rings. The summed E-state index contributed by atoms with van der Waals surface area (Å²) in [5.41, 5.74) is 0.373. The number of hydrogen-bond donors (Lipinski definition) is 3. The Morgan fingerprint density at radius 3 is 2.62 bits per heavy atom. The van der Waals surface area contributed by atoms with E-state index in [1.165, 1.54) is 6.20 Å². The second-order valence-electron chi connectivity index (χ2n) is 4.44. The van der Waals surface area contributed by atoms with Gasteiger partial charge in [-0.15, -0.1) is 0 Å². The molecule has 0 saturated heterocycles. The van der Waals surface area contributed by atoms with Crippen molar-refractivity contribution in [2.75, 3.05) is 25.0 Å². The van der Waals surface area contributed by atoms with Crippen LogP contribution in [0.1, 0.15) is 37.0 Å². The molecular weight excluding hydrogens is 292 g/mol. The van der Waals surface area contributed by atoms with E-state index < -0.39 is 0 Å². The number of hydrogen-bond acceptors (Lipinski definition) is 4. The molecule has 1 aromatic heterocycles. The van der Waals surface area contributed by atoms with Crippen LogP contribution in [0.25, 0.3) is 0 Å². The van der Waals surface area contributed by atoms with Crippen LogP contribution in [-0.2, 0) is 4.79 Å². The first-order valence-corrected chi connectivity index (χ1v) is 7.40. The van der Waals surface area contributed by atoms with Gasteiger partial charge in [0.1, 0.15) is 5.82 Å². The lowest BCUT2D eigenvalue weighted by Crippen LogP contribution is -2.30. The van der Waals surface area contributed by atoms with E-state index in [2.05, 4.69) is 20.9 Å². The fourth-order valence-electron chi connectivity index (χ4n) is 1.61. The molecular formula is C14H21ClN4O2. The maximum atomic E-state index is 11.9. The third-order valence-corrected chi connectivity index (χ3v) is 2.95. The summed E-state index contributed by atoms with van der Waals surface area (Å²) in [5.74, 6) is 0.182. The highest BCUT2D eigenvalue weighted by Crippen LogP contribution is 2.19. The molecule has 6 nitrogen and oxygen atoms in total. The van der Waals surface area contributed by atoms with Crippen molar-refractivity contribution < 1.29 is 9.59 Å².